The van der Waals surface area contributed by atoms with Crippen LogP contribution >= 0.6 is 23.1 Å². The first-order valence-electron chi connectivity index (χ1n) is 9.33. The normalized spacial score (nSPS) is 11.2. The summed E-state index contributed by atoms with van der Waals surface area (Å²) < 4.78 is 1.69. The van der Waals surface area contributed by atoms with Crippen LogP contribution in [-0.2, 0) is 4.79 Å². The van der Waals surface area contributed by atoms with Crippen molar-refractivity contribution in [1.29, 1.82) is 5.26 Å². The van der Waals surface area contributed by atoms with Crippen molar-refractivity contribution >= 4 is 56.7 Å². The average molecular weight is 459 g/mol. The van der Waals surface area contributed by atoms with Crippen LogP contribution in [0.2, 0.25) is 0 Å². The minimum atomic E-state index is -0.589. The smallest absolute Gasteiger partial charge is 0.283 e. The number of rotatable bonds is 6. The molecule has 32 heavy (non-hydrogen) atoms. The van der Waals surface area contributed by atoms with Crippen LogP contribution in [0, 0.1) is 21.4 Å². The van der Waals surface area contributed by atoms with E-state index in [9.17, 15) is 20.2 Å². The maximum atomic E-state index is 12.4. The third-order valence-electron chi connectivity index (χ3n) is 4.36. The monoisotopic (exact) mass is 458 g/mol. The van der Waals surface area contributed by atoms with E-state index in [-0.39, 0.29) is 11.3 Å². The van der Waals surface area contributed by atoms with Crippen LogP contribution in [0.3, 0.4) is 0 Å². The highest BCUT2D eigenvalue weighted by Crippen LogP contribution is 2.39. The quantitative estimate of drug-likeness (QED) is 0.167. The molecular weight excluding hydrogens is 444 g/mol. The Hall–Kier alpha value is -4.00. The number of nitro benzene ring substituents is 1. The second kappa shape index (κ2) is 9.43. The number of thiazole rings is 1. The summed E-state index contributed by atoms with van der Waals surface area (Å²) in [4.78, 5) is 28.5. The fourth-order valence-electron chi connectivity index (χ4n) is 2.88. The molecule has 0 fully saturated rings. The van der Waals surface area contributed by atoms with Crippen molar-refractivity contribution in [1.82, 2.24) is 4.98 Å². The number of amides is 1. The molecule has 0 aliphatic carbocycles. The number of anilines is 1. The number of carbonyl (C=O) groups excluding carboxylic acids is 1. The van der Waals surface area contributed by atoms with Crippen molar-refractivity contribution in [2.24, 2.45) is 0 Å². The largest absolute Gasteiger partial charge is 0.321 e. The van der Waals surface area contributed by atoms with E-state index in [1.165, 1.54) is 35.2 Å². The molecule has 156 valence electrons. The molecule has 0 unspecified atom stereocenters. The Morgan fingerprint density at radius 2 is 1.88 bits per heavy atom. The summed E-state index contributed by atoms with van der Waals surface area (Å²) in [7, 11) is 0. The molecule has 0 aliphatic rings. The lowest BCUT2D eigenvalue weighted by molar-refractivity contribution is -0.387. The SMILES string of the molecule is N#C/C(=C\c1ccc(Sc2nc3ccccc3s2)c([N+](=O)[O-])c1)C(=O)Nc1ccccc1. The number of fused-ring (bicyclic) bond motifs is 1. The van der Waals surface area contributed by atoms with Gasteiger partial charge in [-0.25, -0.2) is 4.98 Å². The zero-order valence-electron chi connectivity index (χ0n) is 16.4. The Morgan fingerprint density at radius 1 is 1.12 bits per heavy atom. The first-order chi connectivity index (χ1) is 15.5. The molecule has 4 rings (SSSR count). The van der Waals surface area contributed by atoms with Crippen LogP contribution in [0.4, 0.5) is 11.4 Å². The van der Waals surface area contributed by atoms with Crippen molar-refractivity contribution < 1.29 is 9.72 Å². The van der Waals surface area contributed by atoms with E-state index in [4.69, 9.17) is 0 Å². The number of nitro groups is 1. The van der Waals surface area contributed by atoms with Crippen LogP contribution < -0.4 is 5.32 Å². The van der Waals surface area contributed by atoms with Crippen molar-refractivity contribution in [3.63, 3.8) is 0 Å². The van der Waals surface area contributed by atoms with Crippen molar-refractivity contribution in [2.45, 2.75) is 9.24 Å². The lowest BCUT2D eigenvalue weighted by Gasteiger charge is -2.05. The molecule has 1 aromatic heterocycles. The van der Waals surface area contributed by atoms with Gasteiger partial charge in [-0.05, 0) is 42.0 Å². The number of carbonyl (C=O) groups is 1. The molecule has 0 aliphatic heterocycles. The summed E-state index contributed by atoms with van der Waals surface area (Å²) in [6, 6.07) is 22.8. The van der Waals surface area contributed by atoms with Crippen molar-refractivity contribution in [3.05, 3.63) is 94.0 Å². The number of hydrogen-bond donors (Lipinski definition) is 1. The van der Waals surface area contributed by atoms with Crippen LogP contribution in [0.5, 0.6) is 0 Å². The Morgan fingerprint density at radius 3 is 2.59 bits per heavy atom. The highest BCUT2D eigenvalue weighted by Gasteiger charge is 2.18. The minimum Gasteiger partial charge on any atom is -0.321 e. The van der Waals surface area contributed by atoms with Gasteiger partial charge in [-0.15, -0.1) is 11.3 Å². The first-order valence-corrected chi connectivity index (χ1v) is 11.0. The van der Waals surface area contributed by atoms with Crippen LogP contribution in [0.1, 0.15) is 5.56 Å². The number of hydrogen-bond acceptors (Lipinski definition) is 7. The zero-order chi connectivity index (χ0) is 22.5. The van der Waals surface area contributed by atoms with Gasteiger partial charge in [0.05, 0.1) is 20.0 Å². The van der Waals surface area contributed by atoms with E-state index in [0.29, 0.717) is 20.5 Å². The van der Waals surface area contributed by atoms with Crippen molar-refractivity contribution in [2.75, 3.05) is 5.32 Å². The van der Waals surface area contributed by atoms with Crippen molar-refractivity contribution in [3.8, 4) is 6.07 Å². The average Bonchev–Trinajstić information content (AvgIpc) is 3.21. The maximum absolute atomic E-state index is 12.4. The highest BCUT2D eigenvalue weighted by molar-refractivity contribution is 8.01. The van der Waals surface area contributed by atoms with Gasteiger partial charge < -0.3 is 5.32 Å². The van der Waals surface area contributed by atoms with E-state index in [1.54, 1.807) is 36.4 Å². The van der Waals surface area contributed by atoms with Gasteiger partial charge in [0.25, 0.3) is 11.6 Å². The molecular formula is C23H14N4O3S2. The fourth-order valence-corrected chi connectivity index (χ4v) is 4.99. The Balaban J connectivity index is 1.60. The molecule has 0 saturated heterocycles. The number of nitriles is 1. The van der Waals surface area contributed by atoms with Gasteiger partial charge in [0.15, 0.2) is 4.34 Å². The van der Waals surface area contributed by atoms with Gasteiger partial charge in [0.2, 0.25) is 0 Å². The summed E-state index contributed by atoms with van der Waals surface area (Å²) in [5.41, 5.74) is 1.49. The number of benzene rings is 3. The molecule has 0 spiro atoms. The molecule has 0 atom stereocenters. The lowest BCUT2D eigenvalue weighted by Crippen LogP contribution is -2.13. The molecule has 0 saturated carbocycles. The summed E-state index contributed by atoms with van der Waals surface area (Å²) in [5, 5.41) is 23.7. The van der Waals surface area contributed by atoms with E-state index in [0.717, 1.165) is 10.2 Å². The molecule has 1 amide bonds. The number of para-hydroxylation sites is 2. The predicted octanol–water partition coefficient (Wildman–Crippen LogP) is 5.90. The Labute approximate surface area is 191 Å². The van der Waals surface area contributed by atoms with Gasteiger partial charge in [0, 0.05) is 11.8 Å². The fraction of sp³-hybridized carbons (Fsp3) is 0. The predicted molar refractivity (Wildman–Crippen MR) is 126 cm³/mol. The maximum Gasteiger partial charge on any atom is 0.283 e. The molecule has 7 nitrogen and oxygen atoms in total. The molecule has 0 bridgehead atoms. The second-order valence-electron chi connectivity index (χ2n) is 6.52. The van der Waals surface area contributed by atoms with E-state index < -0.39 is 10.8 Å². The van der Waals surface area contributed by atoms with Crippen LogP contribution in [-0.4, -0.2) is 15.8 Å². The third kappa shape index (κ3) is 4.83. The molecule has 4 aromatic rings. The summed E-state index contributed by atoms with van der Waals surface area (Å²) in [6.45, 7) is 0. The van der Waals surface area contributed by atoms with Crippen LogP contribution in [0.15, 0.2) is 87.6 Å². The van der Waals surface area contributed by atoms with Gasteiger partial charge in [-0.1, -0.05) is 48.2 Å². The molecule has 0 radical (unpaired) electrons. The molecule has 1 N–H and O–H groups in total. The summed E-state index contributed by atoms with van der Waals surface area (Å²) in [6.07, 6.45) is 1.33. The zero-order valence-corrected chi connectivity index (χ0v) is 18.0. The lowest BCUT2D eigenvalue weighted by atomic mass is 10.1. The summed E-state index contributed by atoms with van der Waals surface area (Å²) >= 11 is 2.67. The third-order valence-corrected chi connectivity index (χ3v) is 6.52. The van der Waals surface area contributed by atoms with Crippen LogP contribution in [0.25, 0.3) is 16.3 Å². The van der Waals surface area contributed by atoms with E-state index in [2.05, 4.69) is 10.3 Å². The Kier molecular flexibility index (Phi) is 6.26. The van der Waals surface area contributed by atoms with Gasteiger partial charge >= 0.3 is 0 Å². The minimum absolute atomic E-state index is 0.122. The van der Waals surface area contributed by atoms with Gasteiger partial charge in [0.1, 0.15) is 11.6 Å². The number of nitrogens with zero attached hydrogens (tertiary/aromatic N) is 3. The second-order valence-corrected chi connectivity index (χ2v) is 8.84. The molecule has 9 heteroatoms. The molecule has 3 aromatic carbocycles. The van der Waals surface area contributed by atoms with E-state index >= 15 is 0 Å². The van der Waals surface area contributed by atoms with Gasteiger partial charge in [-0.3, -0.25) is 14.9 Å². The number of aromatic nitrogens is 1. The van der Waals surface area contributed by atoms with Gasteiger partial charge in [-0.2, -0.15) is 5.26 Å². The standard InChI is InChI=1S/C23H14N4O3S2/c24-14-16(22(28)25-17-6-2-1-3-7-17)12-15-10-11-21(19(13-15)27(29)30)32-23-26-18-8-4-5-9-20(18)31-23/h1-13H,(H,25,28)/b16-12+. The summed E-state index contributed by atoms with van der Waals surface area (Å²) in [5.74, 6) is -0.589. The van der Waals surface area contributed by atoms with E-state index in [1.807, 2.05) is 36.4 Å². The number of nitrogens with one attached hydrogen (secondary N) is 1. The highest BCUT2D eigenvalue weighted by atomic mass is 32.2. The first kappa shape index (κ1) is 21.2. The Bertz CT molecular complexity index is 1360. The molecule has 1 heterocycles. The topological polar surface area (TPSA) is 109 Å².